The third-order valence-corrected chi connectivity index (χ3v) is 3.80. The monoisotopic (exact) mass is 239 g/mol. The van der Waals surface area contributed by atoms with Gasteiger partial charge in [0.2, 0.25) is 11.8 Å². The standard InChI is InChI=1S/C12H21N3O2/c13-7-10-3-1-2-6-15(10)12(17)9-4-5-11(16)14-8-9/h9-10H,1-8,13H2,(H,14,16). The van der Waals surface area contributed by atoms with Gasteiger partial charge in [0.25, 0.3) is 0 Å². The Morgan fingerprint density at radius 1 is 1.41 bits per heavy atom. The van der Waals surface area contributed by atoms with Crippen LogP contribution in [0.2, 0.25) is 0 Å². The lowest BCUT2D eigenvalue weighted by Crippen LogP contribution is -2.52. The molecule has 5 heteroatoms. The Morgan fingerprint density at radius 2 is 2.24 bits per heavy atom. The van der Waals surface area contributed by atoms with Crippen LogP contribution >= 0.6 is 0 Å². The summed E-state index contributed by atoms with van der Waals surface area (Å²) in [5.41, 5.74) is 5.72. The summed E-state index contributed by atoms with van der Waals surface area (Å²) in [5, 5.41) is 2.77. The summed E-state index contributed by atoms with van der Waals surface area (Å²) < 4.78 is 0. The molecule has 2 unspecified atom stereocenters. The number of rotatable bonds is 2. The number of nitrogens with zero attached hydrogens (tertiary/aromatic N) is 1. The molecule has 0 spiro atoms. The van der Waals surface area contributed by atoms with Crippen LogP contribution in [-0.2, 0) is 9.59 Å². The highest BCUT2D eigenvalue weighted by atomic mass is 16.2. The van der Waals surface area contributed by atoms with Gasteiger partial charge in [-0.05, 0) is 25.7 Å². The molecule has 2 rings (SSSR count). The van der Waals surface area contributed by atoms with Crippen LogP contribution in [0.4, 0.5) is 0 Å². The molecule has 17 heavy (non-hydrogen) atoms. The number of nitrogens with two attached hydrogens (primary N) is 1. The van der Waals surface area contributed by atoms with Gasteiger partial charge >= 0.3 is 0 Å². The quantitative estimate of drug-likeness (QED) is 0.704. The molecule has 2 saturated heterocycles. The summed E-state index contributed by atoms with van der Waals surface area (Å²) in [4.78, 5) is 25.4. The average Bonchev–Trinajstić information content (AvgIpc) is 2.39. The zero-order chi connectivity index (χ0) is 12.3. The van der Waals surface area contributed by atoms with Gasteiger partial charge in [0.05, 0.1) is 5.92 Å². The van der Waals surface area contributed by atoms with E-state index >= 15 is 0 Å². The molecule has 3 N–H and O–H groups in total. The van der Waals surface area contributed by atoms with Gasteiger partial charge in [0, 0.05) is 32.1 Å². The van der Waals surface area contributed by atoms with Crippen LogP contribution in [0.1, 0.15) is 32.1 Å². The Balaban J connectivity index is 1.95. The largest absolute Gasteiger partial charge is 0.355 e. The minimum atomic E-state index is -0.0418. The predicted molar refractivity (Wildman–Crippen MR) is 64.1 cm³/mol. The fourth-order valence-corrected chi connectivity index (χ4v) is 2.71. The molecule has 2 heterocycles. The minimum absolute atomic E-state index is 0.0418. The second-order valence-electron chi connectivity index (χ2n) is 4.96. The highest BCUT2D eigenvalue weighted by molar-refractivity contribution is 5.84. The molecule has 2 fully saturated rings. The van der Waals surface area contributed by atoms with E-state index in [1.165, 1.54) is 0 Å². The van der Waals surface area contributed by atoms with Crippen molar-refractivity contribution >= 4 is 11.8 Å². The lowest BCUT2D eigenvalue weighted by Gasteiger charge is -2.38. The summed E-state index contributed by atoms with van der Waals surface area (Å²) in [5.74, 6) is 0.197. The predicted octanol–water partition coefficient (Wildman–Crippen LogP) is -0.148. The van der Waals surface area contributed by atoms with Crippen molar-refractivity contribution in [3.63, 3.8) is 0 Å². The van der Waals surface area contributed by atoms with E-state index in [1.807, 2.05) is 4.90 Å². The van der Waals surface area contributed by atoms with Crippen LogP contribution in [0, 0.1) is 5.92 Å². The molecule has 0 bridgehead atoms. The van der Waals surface area contributed by atoms with E-state index < -0.39 is 0 Å². The van der Waals surface area contributed by atoms with Gasteiger partial charge in [-0.3, -0.25) is 9.59 Å². The maximum atomic E-state index is 12.3. The fraction of sp³-hybridized carbons (Fsp3) is 0.833. The molecule has 96 valence electrons. The maximum Gasteiger partial charge on any atom is 0.227 e. The zero-order valence-corrected chi connectivity index (χ0v) is 10.2. The Labute approximate surface area is 102 Å². The van der Waals surface area contributed by atoms with Crippen LogP contribution in [0.5, 0.6) is 0 Å². The highest BCUT2D eigenvalue weighted by Gasteiger charge is 2.32. The molecule has 0 aliphatic carbocycles. The van der Waals surface area contributed by atoms with Crippen molar-refractivity contribution in [1.29, 1.82) is 0 Å². The molecule has 2 atom stereocenters. The maximum absolute atomic E-state index is 12.3. The number of nitrogens with one attached hydrogen (secondary N) is 1. The van der Waals surface area contributed by atoms with Crippen molar-refractivity contribution in [3.8, 4) is 0 Å². The first kappa shape index (κ1) is 12.4. The molecule has 0 aromatic rings. The summed E-state index contributed by atoms with van der Waals surface area (Å²) in [6.45, 7) is 1.86. The minimum Gasteiger partial charge on any atom is -0.355 e. The van der Waals surface area contributed by atoms with Gasteiger partial charge in [-0.15, -0.1) is 0 Å². The van der Waals surface area contributed by atoms with E-state index in [0.717, 1.165) is 25.8 Å². The van der Waals surface area contributed by atoms with E-state index in [2.05, 4.69) is 5.32 Å². The number of hydrogen-bond acceptors (Lipinski definition) is 3. The first-order chi connectivity index (χ1) is 8.22. The summed E-state index contributed by atoms with van der Waals surface area (Å²) in [6.07, 6.45) is 4.39. The Kier molecular flexibility index (Phi) is 3.99. The molecule has 2 amide bonds. The molecule has 2 aliphatic rings. The fourth-order valence-electron chi connectivity index (χ4n) is 2.71. The normalized spacial score (nSPS) is 29.9. The van der Waals surface area contributed by atoms with E-state index in [9.17, 15) is 9.59 Å². The molecule has 0 radical (unpaired) electrons. The molecule has 0 aromatic heterocycles. The van der Waals surface area contributed by atoms with Crippen LogP contribution in [0.3, 0.4) is 0 Å². The number of amides is 2. The second kappa shape index (κ2) is 5.49. The number of carbonyl (C=O) groups is 2. The van der Waals surface area contributed by atoms with Crippen molar-refractivity contribution in [2.24, 2.45) is 11.7 Å². The molecule has 2 aliphatic heterocycles. The summed E-state index contributed by atoms with van der Waals surface area (Å²) in [6, 6.07) is 0.203. The number of hydrogen-bond donors (Lipinski definition) is 2. The number of carbonyl (C=O) groups excluding carboxylic acids is 2. The first-order valence-corrected chi connectivity index (χ1v) is 6.49. The van der Waals surface area contributed by atoms with Crippen LogP contribution in [0.15, 0.2) is 0 Å². The van der Waals surface area contributed by atoms with Crippen LogP contribution < -0.4 is 11.1 Å². The topological polar surface area (TPSA) is 75.4 Å². The average molecular weight is 239 g/mol. The first-order valence-electron chi connectivity index (χ1n) is 6.49. The van der Waals surface area contributed by atoms with Crippen molar-refractivity contribution in [1.82, 2.24) is 10.2 Å². The van der Waals surface area contributed by atoms with Gasteiger partial charge in [-0.2, -0.15) is 0 Å². The van der Waals surface area contributed by atoms with Gasteiger partial charge in [0.1, 0.15) is 0 Å². The summed E-state index contributed by atoms with van der Waals surface area (Å²) >= 11 is 0. The Morgan fingerprint density at radius 3 is 2.88 bits per heavy atom. The van der Waals surface area contributed by atoms with Gasteiger partial charge in [-0.1, -0.05) is 0 Å². The Hall–Kier alpha value is -1.10. The molecule has 0 aromatic carbocycles. The van der Waals surface area contributed by atoms with Crippen molar-refractivity contribution in [2.75, 3.05) is 19.6 Å². The zero-order valence-electron chi connectivity index (χ0n) is 10.2. The van der Waals surface area contributed by atoms with Gasteiger partial charge < -0.3 is 16.0 Å². The molecule has 5 nitrogen and oxygen atoms in total. The van der Waals surface area contributed by atoms with Crippen LogP contribution in [-0.4, -0.2) is 42.4 Å². The highest BCUT2D eigenvalue weighted by Crippen LogP contribution is 2.21. The van der Waals surface area contributed by atoms with Gasteiger partial charge in [-0.25, -0.2) is 0 Å². The SMILES string of the molecule is NCC1CCCCN1C(=O)C1CCC(=O)NC1. The third-order valence-electron chi connectivity index (χ3n) is 3.80. The lowest BCUT2D eigenvalue weighted by atomic mass is 9.94. The van der Waals surface area contributed by atoms with E-state index in [0.29, 0.717) is 25.9 Å². The van der Waals surface area contributed by atoms with E-state index in [1.54, 1.807) is 0 Å². The molecule has 0 saturated carbocycles. The van der Waals surface area contributed by atoms with Crippen molar-refractivity contribution in [3.05, 3.63) is 0 Å². The lowest BCUT2D eigenvalue weighted by molar-refractivity contribution is -0.140. The van der Waals surface area contributed by atoms with Crippen LogP contribution in [0.25, 0.3) is 0 Å². The van der Waals surface area contributed by atoms with E-state index in [4.69, 9.17) is 5.73 Å². The number of likely N-dealkylation sites (tertiary alicyclic amines) is 1. The second-order valence-corrected chi connectivity index (χ2v) is 4.96. The van der Waals surface area contributed by atoms with Crippen molar-refractivity contribution < 1.29 is 9.59 Å². The molecular formula is C12H21N3O2. The summed E-state index contributed by atoms with van der Waals surface area (Å²) in [7, 11) is 0. The Bertz CT molecular complexity index is 296. The van der Waals surface area contributed by atoms with Gasteiger partial charge in [0.15, 0.2) is 0 Å². The molecular weight excluding hydrogens is 218 g/mol. The third kappa shape index (κ3) is 2.77. The van der Waals surface area contributed by atoms with E-state index in [-0.39, 0.29) is 23.8 Å². The number of piperidine rings is 2. The smallest absolute Gasteiger partial charge is 0.227 e. The van der Waals surface area contributed by atoms with Crippen molar-refractivity contribution in [2.45, 2.75) is 38.1 Å².